The van der Waals surface area contributed by atoms with Gasteiger partial charge in [0.25, 0.3) is 5.95 Å². The summed E-state index contributed by atoms with van der Waals surface area (Å²) in [5.74, 6) is 2.52. The van der Waals surface area contributed by atoms with Crippen LogP contribution in [-0.4, -0.2) is 88.5 Å². The third-order valence-corrected chi connectivity index (χ3v) is 18.7. The predicted molar refractivity (Wildman–Crippen MR) is 345 cm³/mol. The second-order valence-electron chi connectivity index (χ2n) is 21.7. The van der Waals surface area contributed by atoms with Gasteiger partial charge in [-0.15, -0.1) is 44.2 Å². The first kappa shape index (κ1) is 59.9. The quantitative estimate of drug-likeness (QED) is 0.127. The summed E-state index contributed by atoms with van der Waals surface area (Å²) in [5.41, 5.74) is 13.8. The Balaban J connectivity index is 0.000000141. The number of thiophene rings is 3. The van der Waals surface area contributed by atoms with E-state index in [9.17, 15) is 9.59 Å². The molecule has 12 rings (SSSR count). The first-order valence-electron chi connectivity index (χ1n) is 27.3. The van der Waals surface area contributed by atoms with E-state index in [1.807, 2.05) is 137 Å². The molecule has 3 aliphatic heterocycles. The summed E-state index contributed by atoms with van der Waals surface area (Å²) in [6.07, 6.45) is 5.00. The maximum absolute atomic E-state index is 12.7. The van der Waals surface area contributed by atoms with Gasteiger partial charge in [0.05, 0.1) is 12.4 Å². The van der Waals surface area contributed by atoms with Gasteiger partial charge < -0.3 is 4.74 Å². The summed E-state index contributed by atoms with van der Waals surface area (Å²) in [6.45, 7) is 26.4. The minimum absolute atomic E-state index is 0.0439. The van der Waals surface area contributed by atoms with Gasteiger partial charge in [0.1, 0.15) is 56.7 Å². The monoisotopic (exact) mass is 1240 g/mol. The SMILES string of the molecule is CCCC(=O)CN1N=C(c2ccc(Cl)cc2)c2c(sc(C)c2C)-n2c(C)nnc21.Cc1sc2c(c1C)C(c1ccc(Cl)cc1)=NN(C)c1ncc(C)n1-2.Cc1sc2c(c1C)C(c1ccc(Cl)cc1)=NN(CC(=O)OC(C)(C)C)c1ncc(C)n1-2. The van der Waals surface area contributed by atoms with E-state index in [-0.39, 0.29) is 24.8 Å². The Kier molecular flexibility index (Phi) is 17.1. The number of esters is 1. The molecule has 6 aromatic heterocycles. The number of hydrazone groups is 3. The molecule has 0 atom stereocenters. The summed E-state index contributed by atoms with van der Waals surface area (Å²) in [5, 5.41) is 33.8. The summed E-state index contributed by atoms with van der Waals surface area (Å²) < 4.78 is 11.8. The number of benzene rings is 3. The van der Waals surface area contributed by atoms with Crippen molar-refractivity contribution in [2.75, 3.05) is 35.2 Å². The third kappa shape index (κ3) is 11.8. The Bertz CT molecular complexity index is 4100. The van der Waals surface area contributed by atoms with Crippen LogP contribution in [0.3, 0.4) is 0 Å². The zero-order valence-electron chi connectivity index (χ0n) is 49.3. The average Bonchev–Trinajstić information content (AvgIpc) is 2.89. The first-order chi connectivity index (χ1) is 39.9. The number of hydrogen-bond donors (Lipinski definition) is 0. The van der Waals surface area contributed by atoms with Crippen LogP contribution in [0.1, 0.15) is 122 Å². The molecule has 22 heteroatoms. The van der Waals surface area contributed by atoms with Gasteiger partial charge in [-0.3, -0.25) is 23.3 Å². The van der Waals surface area contributed by atoms with E-state index in [4.69, 9.17) is 54.8 Å². The number of imidazole rings is 2. The van der Waals surface area contributed by atoms with Gasteiger partial charge in [0, 0.05) is 87.9 Å². The molecule has 0 saturated carbocycles. The Morgan fingerprint density at radius 1 is 0.524 bits per heavy atom. The third-order valence-electron chi connectivity index (χ3n) is 14.4. The molecule has 0 unspecified atom stereocenters. The van der Waals surface area contributed by atoms with E-state index in [1.54, 1.807) is 50.2 Å². The van der Waals surface area contributed by atoms with Crippen LogP contribution < -0.4 is 15.0 Å². The molecule has 3 aromatic carbocycles. The minimum Gasteiger partial charge on any atom is -0.459 e. The lowest BCUT2D eigenvalue weighted by atomic mass is 10.00. The number of halogens is 3. The van der Waals surface area contributed by atoms with Gasteiger partial charge >= 0.3 is 5.97 Å². The number of ketones is 1. The maximum atomic E-state index is 12.7. The zero-order chi connectivity index (χ0) is 60.2. The van der Waals surface area contributed by atoms with Gasteiger partial charge in [0.15, 0.2) is 5.78 Å². The van der Waals surface area contributed by atoms with Crippen molar-refractivity contribution in [2.24, 2.45) is 15.3 Å². The van der Waals surface area contributed by atoms with Crippen molar-refractivity contribution in [2.45, 2.75) is 108 Å². The van der Waals surface area contributed by atoms with E-state index < -0.39 is 5.60 Å². The summed E-state index contributed by atoms with van der Waals surface area (Å²) in [4.78, 5) is 38.0. The van der Waals surface area contributed by atoms with Crippen molar-refractivity contribution in [3.8, 4) is 15.0 Å². The second kappa shape index (κ2) is 24.0. The molecular formula is C62H64Cl3N13O3S3. The largest absolute Gasteiger partial charge is 0.459 e. The highest BCUT2D eigenvalue weighted by atomic mass is 35.5. The van der Waals surface area contributed by atoms with E-state index in [2.05, 4.69) is 77.8 Å². The van der Waals surface area contributed by atoms with Crippen molar-refractivity contribution in [1.29, 1.82) is 0 Å². The van der Waals surface area contributed by atoms with Crippen LogP contribution in [0.4, 0.5) is 17.8 Å². The molecule has 0 bridgehead atoms. The normalized spacial score (nSPS) is 13.2. The van der Waals surface area contributed by atoms with Crippen LogP contribution in [0.15, 0.2) is 100 Å². The molecule has 0 fully saturated rings. The van der Waals surface area contributed by atoms with E-state index in [1.165, 1.54) is 36.3 Å². The highest BCUT2D eigenvalue weighted by Gasteiger charge is 2.34. The Morgan fingerprint density at radius 3 is 1.35 bits per heavy atom. The summed E-state index contributed by atoms with van der Waals surface area (Å²) in [7, 11) is 1.94. The van der Waals surface area contributed by atoms with Crippen LogP contribution in [0.25, 0.3) is 15.0 Å². The van der Waals surface area contributed by atoms with Crippen molar-refractivity contribution < 1.29 is 14.3 Å². The topological polar surface area (TPSA) is 157 Å². The van der Waals surface area contributed by atoms with E-state index in [0.717, 1.165) is 95.1 Å². The molecular weight excluding hydrogens is 1180 g/mol. The van der Waals surface area contributed by atoms with Crippen molar-refractivity contribution >= 4 is 116 Å². The van der Waals surface area contributed by atoms with Crippen LogP contribution in [0.2, 0.25) is 15.1 Å². The van der Waals surface area contributed by atoms with Gasteiger partial charge in [-0.1, -0.05) is 78.1 Å². The van der Waals surface area contributed by atoms with Crippen LogP contribution >= 0.6 is 68.8 Å². The molecule has 0 N–H and O–H groups in total. The average molecular weight is 1240 g/mol. The van der Waals surface area contributed by atoms with Gasteiger partial charge in [0.2, 0.25) is 11.9 Å². The Labute approximate surface area is 516 Å². The fourth-order valence-corrected chi connectivity index (χ4v) is 14.0. The van der Waals surface area contributed by atoms with Gasteiger partial charge in [-0.25, -0.2) is 25.0 Å². The Morgan fingerprint density at radius 2 is 0.917 bits per heavy atom. The highest BCUT2D eigenvalue weighted by molar-refractivity contribution is 7.16. The maximum Gasteiger partial charge on any atom is 0.328 e. The van der Waals surface area contributed by atoms with E-state index >= 15 is 0 Å². The molecule has 84 heavy (non-hydrogen) atoms. The lowest BCUT2D eigenvalue weighted by molar-refractivity contribution is -0.153. The number of fused-ring (bicyclic) bond motifs is 9. The molecule has 16 nitrogen and oxygen atoms in total. The standard InChI is InChI=1S/C23H25ClN4O2S.C21H22ClN5OS.C18H17ClN4S/c1-13-11-25-22-27(12-18(29)30-23(4,5)6)26-20(16-7-9-17(24)10-8-16)19-14(2)15(3)31-21(19)28(13)22;1-5-6-17(28)11-26-21-24-23-14(4)27(21)20-18(12(2)13(3)29-20)19(25-26)15-7-9-16(22)10-8-15;1-10-9-20-18-22(4)21-16(13-5-7-14(19)8-6-13)15-11(2)12(3)24-17(15)23(10)18/h7-11H,12H2,1-6H3;7-10H,5-6,11H2,1-4H3;5-9H,1-4H3. The molecule has 9 heterocycles. The Hall–Kier alpha value is -7.26. The molecule has 0 radical (unpaired) electrons. The summed E-state index contributed by atoms with van der Waals surface area (Å²) in [6, 6.07) is 23.1. The molecule has 9 aromatic rings. The van der Waals surface area contributed by atoms with Crippen LogP contribution in [-0.2, 0) is 14.3 Å². The molecule has 3 aliphatic rings. The lowest BCUT2D eigenvalue weighted by Gasteiger charge is -2.23. The van der Waals surface area contributed by atoms with Gasteiger partial charge in [-0.2, -0.15) is 15.3 Å². The molecule has 434 valence electrons. The summed E-state index contributed by atoms with van der Waals surface area (Å²) >= 11 is 23.5. The number of anilines is 3. The van der Waals surface area contributed by atoms with Gasteiger partial charge in [-0.05, 0) is 143 Å². The van der Waals surface area contributed by atoms with Crippen molar-refractivity contribution in [3.63, 3.8) is 0 Å². The van der Waals surface area contributed by atoms with Crippen molar-refractivity contribution in [1.82, 2.24) is 33.9 Å². The second-order valence-corrected chi connectivity index (χ2v) is 26.6. The number of carbonyl (C=O) groups is 2. The predicted octanol–water partition coefficient (Wildman–Crippen LogP) is 15.0. The highest BCUT2D eigenvalue weighted by Crippen LogP contribution is 2.42. The van der Waals surface area contributed by atoms with Crippen molar-refractivity contribution in [3.05, 3.63) is 182 Å². The van der Waals surface area contributed by atoms with E-state index in [0.29, 0.717) is 28.4 Å². The molecule has 0 spiro atoms. The zero-order valence-corrected chi connectivity index (χ0v) is 54.0. The molecule has 0 aliphatic carbocycles. The number of carbonyl (C=O) groups excluding carboxylic acids is 2. The number of Topliss-reactive ketones (excluding diaryl/α,β-unsaturated/α-hetero) is 1. The number of ether oxygens (including phenoxy) is 1. The number of hydrogen-bond acceptors (Lipinski definition) is 16. The molecule has 0 amide bonds. The molecule has 0 saturated heterocycles. The lowest BCUT2D eigenvalue weighted by Crippen LogP contribution is -2.33. The number of rotatable bonds is 9. The fourth-order valence-electron chi connectivity index (χ4n) is 9.99. The number of aryl methyl sites for hydroxylation is 6. The number of aromatic nitrogens is 7. The first-order valence-corrected chi connectivity index (χ1v) is 30.9. The fraction of sp³-hybridized carbons (Fsp3) is 0.306. The number of nitrogens with zero attached hydrogens (tertiary/aromatic N) is 13. The smallest absolute Gasteiger partial charge is 0.328 e. The minimum atomic E-state index is -0.580. The van der Waals surface area contributed by atoms with Crippen LogP contribution in [0.5, 0.6) is 0 Å². The van der Waals surface area contributed by atoms with Crippen LogP contribution in [0, 0.1) is 62.3 Å².